The van der Waals surface area contributed by atoms with Gasteiger partial charge in [-0.3, -0.25) is 0 Å². The van der Waals surface area contributed by atoms with Crippen LogP contribution in [0.5, 0.6) is 0 Å². The zero-order chi connectivity index (χ0) is 10.7. The van der Waals surface area contributed by atoms with Crippen molar-refractivity contribution in [1.82, 2.24) is 10.3 Å². The Morgan fingerprint density at radius 2 is 1.87 bits per heavy atom. The number of pyridine rings is 1. The summed E-state index contributed by atoms with van der Waals surface area (Å²) < 4.78 is 0. The molecule has 0 aliphatic carbocycles. The van der Waals surface area contributed by atoms with Crippen LogP contribution < -0.4 is 10.6 Å². The fourth-order valence-electron chi connectivity index (χ4n) is 1.78. The third kappa shape index (κ3) is 1.78. The van der Waals surface area contributed by atoms with Gasteiger partial charge in [-0.05, 0) is 18.0 Å². The third-order valence-corrected chi connectivity index (χ3v) is 2.48. The van der Waals surface area contributed by atoms with E-state index in [0.717, 1.165) is 12.4 Å². The highest BCUT2D eigenvalue weighted by atomic mass is 15.0. The quantitative estimate of drug-likeness (QED) is 0.797. The molecule has 2 N–H and O–H groups in total. The van der Waals surface area contributed by atoms with Crippen molar-refractivity contribution in [1.29, 1.82) is 0 Å². The lowest BCUT2D eigenvalue weighted by Crippen LogP contribution is -2.06. The summed E-state index contributed by atoms with van der Waals surface area (Å²) in [5, 5.41) is 8.69. The molecule has 0 spiro atoms. The number of aromatic nitrogens is 1. The summed E-state index contributed by atoms with van der Waals surface area (Å²) >= 11 is 0. The van der Waals surface area contributed by atoms with Gasteiger partial charge in [-0.25, -0.2) is 4.98 Å². The van der Waals surface area contributed by atoms with E-state index in [1.807, 2.05) is 26.4 Å². The molecule has 2 rings (SSSR count). The molecule has 1 aromatic carbocycles. The van der Waals surface area contributed by atoms with E-state index >= 15 is 0 Å². The summed E-state index contributed by atoms with van der Waals surface area (Å²) in [4.78, 5) is 4.39. The number of anilines is 1. The van der Waals surface area contributed by atoms with Gasteiger partial charge in [0.2, 0.25) is 0 Å². The lowest BCUT2D eigenvalue weighted by Gasteiger charge is -2.09. The number of benzene rings is 1. The van der Waals surface area contributed by atoms with Crippen molar-refractivity contribution < 1.29 is 0 Å². The Morgan fingerprint density at radius 3 is 2.53 bits per heavy atom. The molecule has 0 aliphatic rings. The molecule has 3 heteroatoms. The van der Waals surface area contributed by atoms with E-state index < -0.39 is 0 Å². The molecule has 3 nitrogen and oxygen atoms in total. The smallest absolute Gasteiger partial charge is 0.133 e. The van der Waals surface area contributed by atoms with Gasteiger partial charge < -0.3 is 10.6 Å². The molecule has 0 saturated carbocycles. The minimum atomic E-state index is 0.845. The van der Waals surface area contributed by atoms with Crippen LogP contribution in [-0.4, -0.2) is 19.1 Å². The lowest BCUT2D eigenvalue weighted by molar-refractivity contribution is 0.820. The van der Waals surface area contributed by atoms with Gasteiger partial charge in [0.25, 0.3) is 0 Å². The normalized spacial score (nSPS) is 10.5. The zero-order valence-electron chi connectivity index (χ0n) is 9.04. The number of hydrogen-bond acceptors (Lipinski definition) is 3. The maximum atomic E-state index is 4.39. The van der Waals surface area contributed by atoms with Crippen LogP contribution in [0.1, 0.15) is 5.56 Å². The molecule has 0 saturated heterocycles. The Bertz CT molecular complexity index is 465. The molecule has 0 aliphatic heterocycles. The van der Waals surface area contributed by atoms with Gasteiger partial charge in [-0.2, -0.15) is 0 Å². The Hall–Kier alpha value is -1.61. The number of nitrogens with one attached hydrogen (secondary N) is 2. The first-order valence-electron chi connectivity index (χ1n) is 5.05. The van der Waals surface area contributed by atoms with Crippen molar-refractivity contribution in [3.8, 4) is 0 Å². The molecule has 2 aromatic rings. The monoisotopic (exact) mass is 201 g/mol. The van der Waals surface area contributed by atoms with Gasteiger partial charge in [-0.1, -0.05) is 24.3 Å². The van der Waals surface area contributed by atoms with Crippen LogP contribution in [0.25, 0.3) is 10.8 Å². The molecule has 0 radical (unpaired) electrons. The van der Waals surface area contributed by atoms with Crippen molar-refractivity contribution in [2.75, 3.05) is 19.4 Å². The van der Waals surface area contributed by atoms with Crippen LogP contribution in [0.4, 0.5) is 5.82 Å². The minimum Gasteiger partial charge on any atom is -0.373 e. The number of nitrogens with zero attached hydrogens (tertiary/aromatic N) is 1. The summed E-state index contributed by atoms with van der Waals surface area (Å²) in [5.74, 6) is 0.936. The van der Waals surface area contributed by atoms with Gasteiger partial charge >= 0.3 is 0 Å². The lowest BCUT2D eigenvalue weighted by atomic mass is 10.1. The predicted molar refractivity (Wildman–Crippen MR) is 64.1 cm³/mol. The molecule has 78 valence electrons. The molecule has 0 amide bonds. The van der Waals surface area contributed by atoms with E-state index in [4.69, 9.17) is 0 Å². The van der Waals surface area contributed by atoms with Gasteiger partial charge in [0.05, 0.1) is 0 Å². The van der Waals surface area contributed by atoms with Gasteiger partial charge in [-0.15, -0.1) is 0 Å². The van der Waals surface area contributed by atoms with E-state index in [1.165, 1.54) is 16.3 Å². The van der Waals surface area contributed by atoms with E-state index in [9.17, 15) is 0 Å². The number of hydrogen-bond donors (Lipinski definition) is 2. The summed E-state index contributed by atoms with van der Waals surface area (Å²) in [6.07, 6.45) is 1.92. The van der Waals surface area contributed by atoms with Crippen molar-refractivity contribution in [2.45, 2.75) is 6.54 Å². The van der Waals surface area contributed by atoms with Crippen LogP contribution in [0.2, 0.25) is 0 Å². The summed E-state index contributed by atoms with van der Waals surface area (Å²) in [6.45, 7) is 0.845. The maximum absolute atomic E-state index is 4.39. The van der Waals surface area contributed by atoms with E-state index in [0.29, 0.717) is 0 Å². The first-order valence-corrected chi connectivity index (χ1v) is 5.05. The molecular weight excluding hydrogens is 186 g/mol. The van der Waals surface area contributed by atoms with Crippen LogP contribution in [0.3, 0.4) is 0 Å². The summed E-state index contributed by atoms with van der Waals surface area (Å²) in [7, 11) is 3.84. The second-order valence-electron chi connectivity index (χ2n) is 3.46. The number of rotatable bonds is 3. The fraction of sp³-hybridized carbons (Fsp3) is 0.250. The Balaban J connectivity index is 2.66. The zero-order valence-corrected chi connectivity index (χ0v) is 9.04. The van der Waals surface area contributed by atoms with Gasteiger partial charge in [0.15, 0.2) is 0 Å². The second-order valence-corrected chi connectivity index (χ2v) is 3.46. The van der Waals surface area contributed by atoms with Crippen LogP contribution in [0, 0.1) is 0 Å². The summed E-state index contributed by atoms with van der Waals surface area (Å²) in [6, 6.07) is 8.31. The molecule has 0 fully saturated rings. The SMILES string of the molecule is CNCc1cnc(NC)c2ccccc12. The van der Waals surface area contributed by atoms with Crippen LogP contribution in [0.15, 0.2) is 30.5 Å². The molecule has 0 atom stereocenters. The third-order valence-electron chi connectivity index (χ3n) is 2.48. The maximum Gasteiger partial charge on any atom is 0.133 e. The average molecular weight is 201 g/mol. The molecule has 15 heavy (non-hydrogen) atoms. The van der Waals surface area contributed by atoms with Crippen molar-refractivity contribution in [3.05, 3.63) is 36.0 Å². The van der Waals surface area contributed by atoms with E-state index in [-0.39, 0.29) is 0 Å². The van der Waals surface area contributed by atoms with E-state index in [2.05, 4.69) is 33.8 Å². The van der Waals surface area contributed by atoms with Gasteiger partial charge in [0, 0.05) is 25.2 Å². The first-order chi connectivity index (χ1) is 7.36. The fourth-order valence-corrected chi connectivity index (χ4v) is 1.78. The average Bonchev–Trinajstić information content (AvgIpc) is 2.30. The summed E-state index contributed by atoms with van der Waals surface area (Å²) in [5.41, 5.74) is 1.23. The number of fused-ring (bicyclic) bond motifs is 1. The Labute approximate surface area is 89.5 Å². The largest absolute Gasteiger partial charge is 0.373 e. The highest BCUT2D eigenvalue weighted by Gasteiger charge is 2.04. The second kappa shape index (κ2) is 4.28. The van der Waals surface area contributed by atoms with Gasteiger partial charge in [0.1, 0.15) is 5.82 Å². The van der Waals surface area contributed by atoms with Crippen LogP contribution >= 0.6 is 0 Å². The molecule has 1 heterocycles. The van der Waals surface area contributed by atoms with Crippen molar-refractivity contribution >= 4 is 16.6 Å². The highest BCUT2D eigenvalue weighted by molar-refractivity contribution is 5.93. The molecule has 0 unspecified atom stereocenters. The topological polar surface area (TPSA) is 37.0 Å². The molecular formula is C12H15N3. The van der Waals surface area contributed by atoms with Crippen molar-refractivity contribution in [2.24, 2.45) is 0 Å². The Morgan fingerprint density at radius 1 is 1.13 bits per heavy atom. The highest BCUT2D eigenvalue weighted by Crippen LogP contribution is 2.23. The Kier molecular flexibility index (Phi) is 2.83. The standard InChI is InChI=1S/C12H15N3/c1-13-7-9-8-15-12(14-2)11-6-4-3-5-10(9)11/h3-6,8,13H,7H2,1-2H3,(H,14,15). The van der Waals surface area contributed by atoms with Crippen molar-refractivity contribution in [3.63, 3.8) is 0 Å². The first kappa shape index (κ1) is 9.93. The molecule has 1 aromatic heterocycles. The van der Waals surface area contributed by atoms with Crippen LogP contribution in [-0.2, 0) is 6.54 Å². The molecule has 0 bridgehead atoms. The van der Waals surface area contributed by atoms with E-state index in [1.54, 1.807) is 0 Å². The minimum absolute atomic E-state index is 0.845. The predicted octanol–water partition coefficient (Wildman–Crippen LogP) is 2.00.